The molecule has 2 aromatic carbocycles. The van der Waals surface area contributed by atoms with Crippen molar-refractivity contribution in [2.24, 2.45) is 5.92 Å². The smallest absolute Gasteiger partial charge is 0.239 e. The third-order valence-corrected chi connectivity index (χ3v) is 5.07. The van der Waals surface area contributed by atoms with E-state index in [0.29, 0.717) is 6.04 Å². The fraction of sp³-hybridized carbons (Fsp3) is 0.421. The fourth-order valence-electron chi connectivity index (χ4n) is 3.44. The van der Waals surface area contributed by atoms with E-state index in [9.17, 15) is 4.79 Å². The molecular formula is C19H23N3O. The van der Waals surface area contributed by atoms with Crippen LogP contribution in [0.4, 0.5) is 0 Å². The van der Waals surface area contributed by atoms with Crippen LogP contribution in [0.3, 0.4) is 0 Å². The van der Waals surface area contributed by atoms with Crippen LogP contribution in [0.1, 0.15) is 37.8 Å². The van der Waals surface area contributed by atoms with Crippen molar-refractivity contribution in [3.05, 3.63) is 48.0 Å². The minimum Gasteiger partial charge on any atom is -0.348 e. The minimum atomic E-state index is -0.122. The van der Waals surface area contributed by atoms with Crippen molar-refractivity contribution in [3.8, 4) is 0 Å². The van der Waals surface area contributed by atoms with Gasteiger partial charge in [0.1, 0.15) is 6.04 Å². The number of nitrogens with one attached hydrogen (secondary N) is 3. The highest BCUT2D eigenvalue weighted by Gasteiger charge is 2.38. The van der Waals surface area contributed by atoms with Gasteiger partial charge in [-0.05, 0) is 54.5 Å². The average Bonchev–Trinajstić information content (AvgIpc) is 3.31. The Hall–Kier alpha value is -1.91. The summed E-state index contributed by atoms with van der Waals surface area (Å²) in [5, 5.41) is 5.58. The molecule has 0 aromatic heterocycles. The van der Waals surface area contributed by atoms with Crippen LogP contribution in [0.15, 0.2) is 42.5 Å². The summed E-state index contributed by atoms with van der Waals surface area (Å²) in [6.45, 7) is 2.04. The summed E-state index contributed by atoms with van der Waals surface area (Å²) in [4.78, 5) is 12.5. The van der Waals surface area contributed by atoms with Gasteiger partial charge in [-0.2, -0.15) is 0 Å². The molecular weight excluding hydrogens is 286 g/mol. The van der Waals surface area contributed by atoms with Gasteiger partial charge in [-0.1, -0.05) is 36.4 Å². The van der Waals surface area contributed by atoms with Gasteiger partial charge in [0.15, 0.2) is 0 Å². The zero-order valence-corrected chi connectivity index (χ0v) is 13.4. The first kappa shape index (κ1) is 14.7. The third kappa shape index (κ3) is 3.09. The number of hydrazine groups is 1. The predicted molar refractivity (Wildman–Crippen MR) is 91.7 cm³/mol. The van der Waals surface area contributed by atoms with Crippen LogP contribution >= 0.6 is 0 Å². The van der Waals surface area contributed by atoms with Crippen LogP contribution in [0.25, 0.3) is 10.8 Å². The molecule has 0 spiro atoms. The molecule has 1 amide bonds. The predicted octanol–water partition coefficient (Wildman–Crippen LogP) is 2.66. The molecule has 2 aromatic rings. The van der Waals surface area contributed by atoms with Gasteiger partial charge in [0.25, 0.3) is 0 Å². The molecule has 4 heteroatoms. The number of hydrogen-bond donors (Lipinski definition) is 3. The Morgan fingerprint density at radius 1 is 1.13 bits per heavy atom. The summed E-state index contributed by atoms with van der Waals surface area (Å²) in [5.74, 6) is 0.847. The van der Waals surface area contributed by atoms with Crippen molar-refractivity contribution in [2.45, 2.75) is 44.3 Å². The van der Waals surface area contributed by atoms with E-state index in [1.165, 1.54) is 23.6 Å². The Bertz CT molecular complexity index is 725. The molecule has 0 bridgehead atoms. The van der Waals surface area contributed by atoms with Crippen LogP contribution in [-0.2, 0) is 4.79 Å². The number of fused-ring (bicyclic) bond motifs is 1. The fourth-order valence-corrected chi connectivity index (χ4v) is 3.44. The molecule has 3 N–H and O–H groups in total. The van der Waals surface area contributed by atoms with Crippen molar-refractivity contribution in [2.75, 3.05) is 0 Å². The van der Waals surface area contributed by atoms with Gasteiger partial charge in [-0.25, -0.2) is 5.43 Å². The molecule has 1 saturated heterocycles. The van der Waals surface area contributed by atoms with Crippen LogP contribution < -0.4 is 16.2 Å². The molecule has 2 aliphatic rings. The molecule has 120 valence electrons. The van der Waals surface area contributed by atoms with E-state index in [1.54, 1.807) is 0 Å². The van der Waals surface area contributed by atoms with Crippen molar-refractivity contribution >= 4 is 16.7 Å². The topological polar surface area (TPSA) is 53.2 Å². The quantitative estimate of drug-likeness (QED) is 0.814. The Morgan fingerprint density at radius 3 is 2.70 bits per heavy atom. The lowest BCUT2D eigenvalue weighted by molar-refractivity contribution is -0.123. The highest BCUT2D eigenvalue weighted by Crippen LogP contribution is 2.35. The second-order valence-corrected chi connectivity index (χ2v) is 6.86. The van der Waals surface area contributed by atoms with Gasteiger partial charge in [-0.3, -0.25) is 10.2 Å². The highest BCUT2D eigenvalue weighted by molar-refractivity contribution is 5.84. The molecule has 4 nitrogen and oxygen atoms in total. The van der Waals surface area contributed by atoms with Crippen molar-refractivity contribution in [1.29, 1.82) is 0 Å². The van der Waals surface area contributed by atoms with E-state index in [4.69, 9.17) is 0 Å². The first-order chi connectivity index (χ1) is 11.2. The maximum atomic E-state index is 12.5. The van der Waals surface area contributed by atoms with Crippen molar-refractivity contribution in [3.63, 3.8) is 0 Å². The SMILES string of the molecule is CC(NC(=O)C1CC(C2CC2)NN1)c1ccc2ccccc2c1. The van der Waals surface area contributed by atoms with E-state index in [2.05, 4.69) is 46.5 Å². The number of carbonyl (C=O) groups excluding carboxylic acids is 1. The maximum absolute atomic E-state index is 12.5. The maximum Gasteiger partial charge on any atom is 0.239 e. The van der Waals surface area contributed by atoms with Crippen molar-refractivity contribution < 1.29 is 4.79 Å². The molecule has 4 rings (SSSR count). The third-order valence-electron chi connectivity index (χ3n) is 5.07. The highest BCUT2D eigenvalue weighted by atomic mass is 16.2. The van der Waals surface area contributed by atoms with E-state index >= 15 is 0 Å². The number of hydrogen-bond acceptors (Lipinski definition) is 3. The summed E-state index contributed by atoms with van der Waals surface area (Å²) in [6.07, 6.45) is 3.48. The monoisotopic (exact) mass is 309 g/mol. The standard InChI is InChI=1S/C19H23N3O/c1-12(15-9-6-13-4-2-3-5-16(13)10-15)20-19(23)18-11-17(21-22-18)14-7-8-14/h2-6,9-10,12,14,17-18,21-22H,7-8,11H2,1H3,(H,20,23). The van der Waals surface area contributed by atoms with Crippen molar-refractivity contribution in [1.82, 2.24) is 16.2 Å². The van der Waals surface area contributed by atoms with Gasteiger partial charge in [0.2, 0.25) is 5.91 Å². The normalized spacial score (nSPS) is 25.4. The van der Waals surface area contributed by atoms with Crippen LogP contribution in [0.2, 0.25) is 0 Å². The zero-order valence-electron chi connectivity index (χ0n) is 13.4. The summed E-state index contributed by atoms with van der Waals surface area (Å²) < 4.78 is 0. The second kappa shape index (κ2) is 5.95. The molecule has 1 aliphatic heterocycles. The van der Waals surface area contributed by atoms with Gasteiger partial charge in [0, 0.05) is 6.04 Å². The molecule has 3 atom stereocenters. The summed E-state index contributed by atoms with van der Waals surface area (Å²) in [7, 11) is 0. The van der Waals surface area contributed by atoms with Gasteiger partial charge in [-0.15, -0.1) is 0 Å². The molecule has 1 heterocycles. The van der Waals surface area contributed by atoms with E-state index in [0.717, 1.165) is 17.9 Å². The van der Waals surface area contributed by atoms with Gasteiger partial charge < -0.3 is 5.32 Å². The largest absolute Gasteiger partial charge is 0.348 e. The lowest BCUT2D eigenvalue weighted by atomic mass is 10.0. The first-order valence-corrected chi connectivity index (χ1v) is 8.51. The molecule has 1 saturated carbocycles. The average molecular weight is 309 g/mol. The van der Waals surface area contributed by atoms with E-state index in [1.807, 2.05) is 19.1 Å². The second-order valence-electron chi connectivity index (χ2n) is 6.86. The molecule has 3 unspecified atom stereocenters. The summed E-state index contributed by atoms with van der Waals surface area (Å²) in [6, 6.07) is 15.0. The van der Waals surface area contributed by atoms with E-state index < -0.39 is 0 Å². The van der Waals surface area contributed by atoms with Gasteiger partial charge in [0.05, 0.1) is 6.04 Å². The van der Waals surface area contributed by atoms with Crippen LogP contribution in [-0.4, -0.2) is 18.0 Å². The number of amides is 1. The first-order valence-electron chi connectivity index (χ1n) is 8.51. The number of rotatable bonds is 4. The minimum absolute atomic E-state index is 0.00822. The zero-order chi connectivity index (χ0) is 15.8. The molecule has 1 aliphatic carbocycles. The Balaban J connectivity index is 1.41. The van der Waals surface area contributed by atoms with E-state index in [-0.39, 0.29) is 18.0 Å². The van der Waals surface area contributed by atoms with Crippen LogP contribution in [0, 0.1) is 5.92 Å². The Morgan fingerprint density at radius 2 is 1.91 bits per heavy atom. The Kier molecular flexibility index (Phi) is 3.79. The van der Waals surface area contributed by atoms with Gasteiger partial charge >= 0.3 is 0 Å². The summed E-state index contributed by atoms with van der Waals surface area (Å²) >= 11 is 0. The molecule has 2 fully saturated rings. The lowest BCUT2D eigenvalue weighted by Gasteiger charge is -2.18. The lowest BCUT2D eigenvalue weighted by Crippen LogP contribution is -2.44. The number of benzene rings is 2. The Labute approximate surface area is 136 Å². The summed E-state index contributed by atoms with van der Waals surface area (Å²) in [5.41, 5.74) is 7.57. The number of carbonyl (C=O) groups is 1. The molecule has 0 radical (unpaired) electrons. The van der Waals surface area contributed by atoms with Crippen LogP contribution in [0.5, 0.6) is 0 Å². The molecule has 23 heavy (non-hydrogen) atoms.